The smallest absolute Gasteiger partial charge is 0.410 e. The Bertz CT molecular complexity index is 1390. The second kappa shape index (κ2) is 9.76. The largest absolute Gasteiger partial charge is 0.445 e. The maximum atomic E-state index is 12.9. The van der Waals surface area contributed by atoms with Crippen LogP contribution < -0.4 is 4.90 Å². The van der Waals surface area contributed by atoms with Crippen molar-refractivity contribution in [3.63, 3.8) is 0 Å². The second-order valence-corrected chi connectivity index (χ2v) is 10.0. The number of aromatic nitrogens is 4. The minimum Gasteiger partial charge on any atom is -0.445 e. The Kier molecular flexibility index (Phi) is 6.16. The van der Waals surface area contributed by atoms with Crippen LogP contribution in [0.5, 0.6) is 0 Å². The summed E-state index contributed by atoms with van der Waals surface area (Å²) in [6.07, 6.45) is 9.89. The molecule has 8 heteroatoms. The number of carbonyl (C=O) groups excluding carboxylic acids is 1. The topological polar surface area (TPSA) is 84.3 Å². The quantitative estimate of drug-likeness (QED) is 0.390. The molecule has 0 N–H and O–H groups in total. The van der Waals surface area contributed by atoms with E-state index in [1.54, 1.807) is 24.8 Å². The zero-order valence-electron chi connectivity index (χ0n) is 21.0. The lowest BCUT2D eigenvalue weighted by Crippen LogP contribution is -2.47. The van der Waals surface area contributed by atoms with E-state index in [1.807, 2.05) is 53.4 Å². The van der Waals surface area contributed by atoms with E-state index < -0.39 is 0 Å². The molecule has 2 fully saturated rings. The van der Waals surface area contributed by atoms with Crippen molar-refractivity contribution in [2.45, 2.75) is 38.8 Å². The standard InChI is InChI=1S/C29H30N6O2/c1-21-29(12-18-35(21)28(36)37-20-22-5-3-2-4-6-22)10-16-34(17-11-29)27-24-9-15-31-19-25(24)32-26(33-27)23-7-13-30-14-8-23/h2-9,13-15,19,21H,10-12,16-18,20H2,1H3. The third-order valence-electron chi connectivity index (χ3n) is 8.12. The van der Waals surface area contributed by atoms with Crippen LogP contribution in [0, 0.1) is 5.41 Å². The molecule has 37 heavy (non-hydrogen) atoms. The van der Waals surface area contributed by atoms with Gasteiger partial charge in [0.1, 0.15) is 12.4 Å². The van der Waals surface area contributed by atoms with Gasteiger partial charge >= 0.3 is 6.09 Å². The number of ether oxygens (including phenoxy) is 1. The molecule has 1 unspecified atom stereocenters. The van der Waals surface area contributed by atoms with Crippen LogP contribution >= 0.6 is 0 Å². The van der Waals surface area contributed by atoms with E-state index in [4.69, 9.17) is 14.7 Å². The number of piperidine rings is 1. The highest BCUT2D eigenvalue weighted by atomic mass is 16.6. The highest BCUT2D eigenvalue weighted by Gasteiger charge is 2.48. The van der Waals surface area contributed by atoms with Crippen molar-refractivity contribution in [3.8, 4) is 11.4 Å². The molecule has 3 aromatic heterocycles. The Morgan fingerprint density at radius 3 is 2.46 bits per heavy atom. The Hall–Kier alpha value is -4.07. The van der Waals surface area contributed by atoms with Crippen LogP contribution in [0.15, 0.2) is 73.3 Å². The first-order valence-electron chi connectivity index (χ1n) is 12.9. The first-order valence-corrected chi connectivity index (χ1v) is 12.9. The van der Waals surface area contributed by atoms with Gasteiger partial charge in [-0.3, -0.25) is 9.97 Å². The van der Waals surface area contributed by atoms with Gasteiger partial charge < -0.3 is 14.5 Å². The summed E-state index contributed by atoms with van der Waals surface area (Å²) < 4.78 is 5.66. The number of rotatable bonds is 4. The number of hydrogen-bond acceptors (Lipinski definition) is 7. The van der Waals surface area contributed by atoms with Gasteiger partial charge in [-0.25, -0.2) is 14.8 Å². The third kappa shape index (κ3) is 4.48. The van der Waals surface area contributed by atoms with Crippen LogP contribution in [-0.4, -0.2) is 56.6 Å². The van der Waals surface area contributed by atoms with Gasteiger partial charge in [-0.2, -0.15) is 0 Å². The third-order valence-corrected chi connectivity index (χ3v) is 8.12. The first kappa shape index (κ1) is 23.3. The van der Waals surface area contributed by atoms with Crippen molar-refractivity contribution < 1.29 is 9.53 Å². The van der Waals surface area contributed by atoms with Gasteiger partial charge in [0.05, 0.1) is 11.7 Å². The maximum absolute atomic E-state index is 12.9. The van der Waals surface area contributed by atoms with E-state index >= 15 is 0 Å². The molecule has 0 radical (unpaired) electrons. The molecular formula is C29H30N6O2. The molecular weight excluding hydrogens is 464 g/mol. The normalized spacial score (nSPS) is 18.9. The fourth-order valence-corrected chi connectivity index (χ4v) is 5.79. The van der Waals surface area contributed by atoms with Gasteiger partial charge in [-0.15, -0.1) is 0 Å². The summed E-state index contributed by atoms with van der Waals surface area (Å²) in [6.45, 7) is 4.98. The highest BCUT2D eigenvalue weighted by Crippen LogP contribution is 2.46. The molecule has 0 saturated carbocycles. The fourth-order valence-electron chi connectivity index (χ4n) is 5.79. The Labute approximate surface area is 216 Å². The zero-order chi connectivity index (χ0) is 25.2. The summed E-state index contributed by atoms with van der Waals surface area (Å²) in [5.74, 6) is 1.62. The van der Waals surface area contributed by atoms with Gasteiger partial charge in [-0.05, 0) is 55.4 Å². The number of anilines is 1. The first-order chi connectivity index (χ1) is 18.1. The predicted molar refractivity (Wildman–Crippen MR) is 142 cm³/mol. The molecule has 8 nitrogen and oxygen atoms in total. The van der Waals surface area contributed by atoms with Gasteiger partial charge in [0.15, 0.2) is 5.82 Å². The van der Waals surface area contributed by atoms with Crippen molar-refractivity contribution in [1.82, 2.24) is 24.8 Å². The van der Waals surface area contributed by atoms with Crippen LogP contribution in [-0.2, 0) is 11.3 Å². The summed E-state index contributed by atoms with van der Waals surface area (Å²) in [5.41, 5.74) is 2.87. The van der Waals surface area contributed by atoms with Crippen LogP contribution in [0.1, 0.15) is 31.7 Å². The number of amides is 1. The molecule has 1 amide bonds. The van der Waals surface area contributed by atoms with Crippen molar-refractivity contribution in [2.75, 3.05) is 24.5 Å². The van der Waals surface area contributed by atoms with Crippen molar-refractivity contribution in [3.05, 3.63) is 78.9 Å². The molecule has 2 aliphatic rings. The van der Waals surface area contributed by atoms with E-state index in [2.05, 4.69) is 21.8 Å². The van der Waals surface area contributed by atoms with Crippen LogP contribution in [0.2, 0.25) is 0 Å². The Morgan fingerprint density at radius 2 is 1.68 bits per heavy atom. The lowest BCUT2D eigenvalue weighted by Gasteiger charge is -2.43. The summed E-state index contributed by atoms with van der Waals surface area (Å²) in [5, 5.41) is 1.01. The summed E-state index contributed by atoms with van der Waals surface area (Å²) in [6, 6.07) is 15.8. The van der Waals surface area contributed by atoms with E-state index in [-0.39, 0.29) is 17.6 Å². The summed E-state index contributed by atoms with van der Waals surface area (Å²) in [4.78, 5) is 35.4. The lowest BCUT2D eigenvalue weighted by molar-refractivity contribution is 0.0759. The molecule has 188 valence electrons. The minimum absolute atomic E-state index is 0.0978. The Morgan fingerprint density at radius 1 is 0.946 bits per heavy atom. The number of likely N-dealkylation sites (tertiary alicyclic amines) is 1. The van der Waals surface area contributed by atoms with Crippen molar-refractivity contribution in [1.29, 1.82) is 0 Å². The van der Waals surface area contributed by atoms with E-state index in [9.17, 15) is 4.79 Å². The minimum atomic E-state index is -0.216. The molecule has 1 aromatic carbocycles. The number of carbonyl (C=O) groups is 1. The number of hydrogen-bond donors (Lipinski definition) is 0. The SMILES string of the molecule is CC1N(C(=O)OCc2ccccc2)CCC12CCN(c1nc(-c3ccncc3)nc3cnccc13)CC2. The molecule has 2 aliphatic heterocycles. The van der Waals surface area contributed by atoms with E-state index in [0.717, 1.165) is 66.7 Å². The number of fused-ring (bicyclic) bond motifs is 1. The van der Waals surface area contributed by atoms with Crippen LogP contribution in [0.25, 0.3) is 22.3 Å². The van der Waals surface area contributed by atoms with Gasteiger partial charge in [0, 0.05) is 55.2 Å². The zero-order valence-corrected chi connectivity index (χ0v) is 21.0. The van der Waals surface area contributed by atoms with Gasteiger partial charge in [0.25, 0.3) is 0 Å². The summed E-state index contributed by atoms with van der Waals surface area (Å²) in [7, 11) is 0. The molecule has 0 aliphatic carbocycles. The second-order valence-electron chi connectivity index (χ2n) is 10.0. The van der Waals surface area contributed by atoms with Gasteiger partial charge in [0.2, 0.25) is 0 Å². The molecule has 2 saturated heterocycles. The molecule has 4 aromatic rings. The van der Waals surface area contributed by atoms with Crippen molar-refractivity contribution >= 4 is 22.8 Å². The summed E-state index contributed by atoms with van der Waals surface area (Å²) >= 11 is 0. The van der Waals surface area contributed by atoms with Crippen molar-refractivity contribution in [2.24, 2.45) is 5.41 Å². The van der Waals surface area contributed by atoms with Crippen LogP contribution in [0.4, 0.5) is 10.6 Å². The highest BCUT2D eigenvalue weighted by molar-refractivity contribution is 5.90. The van der Waals surface area contributed by atoms with Gasteiger partial charge in [-0.1, -0.05) is 30.3 Å². The average Bonchev–Trinajstić information content (AvgIpc) is 3.27. The molecule has 1 spiro atoms. The van der Waals surface area contributed by atoms with Crippen LogP contribution in [0.3, 0.4) is 0 Å². The molecule has 6 rings (SSSR count). The average molecular weight is 495 g/mol. The lowest BCUT2D eigenvalue weighted by atomic mass is 9.73. The van der Waals surface area contributed by atoms with E-state index in [0.29, 0.717) is 12.4 Å². The van der Waals surface area contributed by atoms with E-state index in [1.165, 1.54) is 0 Å². The molecule has 1 atom stereocenters. The number of benzene rings is 1. The predicted octanol–water partition coefficient (Wildman–Crippen LogP) is 5.10. The number of pyridine rings is 2. The number of nitrogens with zero attached hydrogens (tertiary/aromatic N) is 6. The molecule has 5 heterocycles. The Balaban J connectivity index is 1.18. The maximum Gasteiger partial charge on any atom is 0.410 e. The monoisotopic (exact) mass is 494 g/mol. The fraction of sp³-hybridized carbons (Fsp3) is 0.345. The molecule has 0 bridgehead atoms.